The highest BCUT2D eigenvalue weighted by molar-refractivity contribution is 7.92. The van der Waals surface area contributed by atoms with Crippen LogP contribution in [0.25, 0.3) is 0 Å². The number of carbonyl (C=O) groups is 1. The zero-order valence-corrected chi connectivity index (χ0v) is 19.8. The van der Waals surface area contributed by atoms with Crippen LogP contribution in [0.5, 0.6) is 11.5 Å². The monoisotopic (exact) mass is 468 g/mol. The lowest BCUT2D eigenvalue weighted by Crippen LogP contribution is -2.29. The van der Waals surface area contributed by atoms with Gasteiger partial charge in [-0.25, -0.2) is 8.42 Å². The number of carbonyl (C=O) groups excluding carboxylic acids is 1. The maximum Gasteiger partial charge on any atom is 0.255 e. The summed E-state index contributed by atoms with van der Waals surface area (Å²) in [7, 11) is -3.57. The van der Waals surface area contributed by atoms with Crippen molar-refractivity contribution in [1.29, 1.82) is 0 Å². The van der Waals surface area contributed by atoms with Gasteiger partial charge in [0.25, 0.3) is 5.91 Å². The average molecular weight is 469 g/mol. The van der Waals surface area contributed by atoms with Crippen molar-refractivity contribution in [2.45, 2.75) is 20.4 Å². The van der Waals surface area contributed by atoms with E-state index in [4.69, 9.17) is 9.47 Å². The first-order chi connectivity index (χ1) is 15.8. The number of hydrogen-bond acceptors (Lipinski definition) is 5. The van der Waals surface area contributed by atoms with E-state index in [1.807, 2.05) is 13.8 Å². The van der Waals surface area contributed by atoms with Crippen LogP contribution >= 0.6 is 0 Å². The molecule has 3 aromatic carbocycles. The van der Waals surface area contributed by atoms with Gasteiger partial charge in [-0.1, -0.05) is 24.3 Å². The molecule has 0 bridgehead atoms. The quantitative estimate of drug-likeness (QED) is 0.466. The Kier molecular flexibility index (Phi) is 7.95. The summed E-state index contributed by atoms with van der Waals surface area (Å²) in [6.07, 6.45) is 1.16. The number of benzene rings is 3. The number of anilines is 2. The maximum atomic E-state index is 12.6. The van der Waals surface area contributed by atoms with Gasteiger partial charge in [-0.2, -0.15) is 0 Å². The number of rotatable bonds is 10. The average Bonchev–Trinajstić information content (AvgIpc) is 2.79. The lowest BCUT2D eigenvalue weighted by Gasteiger charge is -2.24. The SMILES string of the molecule is CCOc1ccc(NC(=O)c2ccc(CN(c3ccccc3OCC)S(C)(=O)=O)cc2)cc1. The van der Waals surface area contributed by atoms with E-state index in [0.29, 0.717) is 35.9 Å². The molecule has 0 saturated carbocycles. The first kappa shape index (κ1) is 24.1. The molecule has 0 saturated heterocycles. The lowest BCUT2D eigenvalue weighted by molar-refractivity contribution is 0.102. The van der Waals surface area contributed by atoms with Gasteiger partial charge in [0.05, 0.1) is 31.7 Å². The van der Waals surface area contributed by atoms with Crippen LogP contribution in [0.1, 0.15) is 29.8 Å². The molecule has 174 valence electrons. The molecule has 0 aliphatic heterocycles. The summed E-state index contributed by atoms with van der Waals surface area (Å²) < 4.78 is 37.4. The number of sulfonamides is 1. The molecule has 0 spiro atoms. The summed E-state index contributed by atoms with van der Waals surface area (Å²) in [6.45, 7) is 4.87. The summed E-state index contributed by atoms with van der Waals surface area (Å²) >= 11 is 0. The van der Waals surface area contributed by atoms with E-state index >= 15 is 0 Å². The van der Waals surface area contributed by atoms with Gasteiger partial charge in [0.1, 0.15) is 11.5 Å². The van der Waals surface area contributed by atoms with Gasteiger partial charge in [0, 0.05) is 11.3 Å². The normalized spacial score (nSPS) is 11.0. The van der Waals surface area contributed by atoms with Crippen molar-refractivity contribution in [2.24, 2.45) is 0 Å². The molecule has 0 atom stereocenters. The van der Waals surface area contributed by atoms with E-state index in [-0.39, 0.29) is 12.5 Å². The van der Waals surface area contributed by atoms with E-state index in [0.717, 1.165) is 17.6 Å². The molecule has 0 unspecified atom stereocenters. The Hall–Kier alpha value is -3.52. The predicted molar refractivity (Wildman–Crippen MR) is 131 cm³/mol. The van der Waals surface area contributed by atoms with Gasteiger partial charge in [-0.05, 0) is 67.9 Å². The largest absolute Gasteiger partial charge is 0.494 e. The van der Waals surface area contributed by atoms with E-state index in [2.05, 4.69) is 5.32 Å². The van der Waals surface area contributed by atoms with Crippen LogP contribution in [0.4, 0.5) is 11.4 Å². The number of amides is 1. The van der Waals surface area contributed by atoms with Crippen LogP contribution in [0.2, 0.25) is 0 Å². The molecule has 7 nitrogen and oxygen atoms in total. The fourth-order valence-corrected chi connectivity index (χ4v) is 4.15. The van der Waals surface area contributed by atoms with Crippen LogP contribution in [0, 0.1) is 0 Å². The lowest BCUT2D eigenvalue weighted by atomic mass is 10.1. The molecule has 3 aromatic rings. The zero-order valence-electron chi connectivity index (χ0n) is 18.9. The number of nitrogens with zero attached hydrogens (tertiary/aromatic N) is 1. The summed E-state index contributed by atoms with van der Waals surface area (Å²) in [4.78, 5) is 12.6. The number of nitrogens with one attached hydrogen (secondary N) is 1. The van der Waals surface area contributed by atoms with Gasteiger partial charge >= 0.3 is 0 Å². The minimum absolute atomic E-state index is 0.115. The first-order valence-electron chi connectivity index (χ1n) is 10.6. The molecule has 0 heterocycles. The highest BCUT2D eigenvalue weighted by Crippen LogP contribution is 2.31. The molecule has 0 aromatic heterocycles. The summed E-state index contributed by atoms with van der Waals surface area (Å²) in [5.74, 6) is 0.977. The highest BCUT2D eigenvalue weighted by atomic mass is 32.2. The first-order valence-corrected chi connectivity index (χ1v) is 12.5. The van der Waals surface area contributed by atoms with Gasteiger partial charge in [-0.3, -0.25) is 9.10 Å². The number of para-hydroxylation sites is 2. The molecule has 0 aliphatic carbocycles. The molecule has 0 fully saturated rings. The van der Waals surface area contributed by atoms with Crippen LogP contribution in [0.3, 0.4) is 0 Å². The van der Waals surface area contributed by atoms with Crippen LogP contribution in [-0.2, 0) is 16.6 Å². The third-order valence-electron chi connectivity index (χ3n) is 4.80. The summed E-state index contributed by atoms with van der Waals surface area (Å²) in [5, 5.41) is 2.84. The minimum Gasteiger partial charge on any atom is -0.494 e. The van der Waals surface area contributed by atoms with Crippen molar-refractivity contribution in [3.05, 3.63) is 83.9 Å². The molecule has 1 N–H and O–H groups in total. The van der Waals surface area contributed by atoms with E-state index in [1.165, 1.54) is 4.31 Å². The Morgan fingerprint density at radius 2 is 1.52 bits per heavy atom. The summed E-state index contributed by atoms with van der Waals surface area (Å²) in [5.41, 5.74) is 2.33. The van der Waals surface area contributed by atoms with E-state index in [9.17, 15) is 13.2 Å². The maximum absolute atomic E-state index is 12.6. The van der Waals surface area contributed by atoms with Gasteiger partial charge in [0.15, 0.2) is 0 Å². The number of hydrogen-bond donors (Lipinski definition) is 1. The molecular weight excluding hydrogens is 440 g/mol. The molecule has 0 radical (unpaired) electrons. The second kappa shape index (κ2) is 10.9. The Labute approximate surface area is 195 Å². The molecule has 33 heavy (non-hydrogen) atoms. The van der Waals surface area contributed by atoms with Crippen molar-refractivity contribution < 1.29 is 22.7 Å². The molecule has 1 amide bonds. The smallest absolute Gasteiger partial charge is 0.255 e. The van der Waals surface area contributed by atoms with Crippen LogP contribution in [-0.4, -0.2) is 33.8 Å². The van der Waals surface area contributed by atoms with Gasteiger partial charge < -0.3 is 14.8 Å². The van der Waals surface area contributed by atoms with E-state index < -0.39 is 10.0 Å². The number of ether oxygens (including phenoxy) is 2. The Bertz CT molecular complexity index is 1180. The highest BCUT2D eigenvalue weighted by Gasteiger charge is 2.21. The third-order valence-corrected chi connectivity index (χ3v) is 5.93. The van der Waals surface area contributed by atoms with Crippen LogP contribution < -0.4 is 19.1 Å². The van der Waals surface area contributed by atoms with Crippen molar-refractivity contribution in [2.75, 3.05) is 29.1 Å². The molecular formula is C25H28N2O5S. The summed E-state index contributed by atoms with van der Waals surface area (Å²) in [6, 6.07) is 21.0. The zero-order chi connectivity index (χ0) is 23.8. The van der Waals surface area contributed by atoms with Gasteiger partial charge in [-0.15, -0.1) is 0 Å². The van der Waals surface area contributed by atoms with Crippen molar-refractivity contribution in [3.8, 4) is 11.5 Å². The molecule has 3 rings (SSSR count). The molecule has 0 aliphatic rings. The fraction of sp³-hybridized carbons (Fsp3) is 0.240. The van der Waals surface area contributed by atoms with Gasteiger partial charge in [0.2, 0.25) is 10.0 Å². The Balaban J connectivity index is 1.75. The topological polar surface area (TPSA) is 84.9 Å². The Morgan fingerprint density at radius 1 is 0.879 bits per heavy atom. The van der Waals surface area contributed by atoms with E-state index in [1.54, 1.807) is 72.8 Å². The van der Waals surface area contributed by atoms with Crippen molar-refractivity contribution >= 4 is 27.3 Å². The minimum atomic E-state index is -3.57. The molecule has 8 heteroatoms. The second-order valence-electron chi connectivity index (χ2n) is 7.28. The second-order valence-corrected chi connectivity index (χ2v) is 9.19. The van der Waals surface area contributed by atoms with Crippen LogP contribution in [0.15, 0.2) is 72.8 Å². The fourth-order valence-electron chi connectivity index (χ4n) is 3.25. The van der Waals surface area contributed by atoms with Crippen molar-refractivity contribution in [1.82, 2.24) is 0 Å². The van der Waals surface area contributed by atoms with Crippen molar-refractivity contribution in [3.63, 3.8) is 0 Å². The third kappa shape index (κ3) is 6.49. The predicted octanol–water partition coefficient (Wildman–Crippen LogP) is 4.70. The Morgan fingerprint density at radius 3 is 2.12 bits per heavy atom. The standard InChI is InChI=1S/C25H28N2O5S/c1-4-31-22-16-14-21(15-17-22)26-25(28)20-12-10-19(11-13-20)18-27(33(3,29)30)23-8-6-7-9-24(23)32-5-2/h6-17H,4-5,18H2,1-3H3,(H,26,28).